The van der Waals surface area contributed by atoms with Crippen LogP contribution in [0.5, 0.6) is 0 Å². The molecule has 0 spiro atoms. The molecular formula is C20H17F4NO4. The van der Waals surface area contributed by atoms with E-state index in [0.717, 1.165) is 24.3 Å². The molecule has 29 heavy (non-hydrogen) atoms. The van der Waals surface area contributed by atoms with E-state index in [1.54, 1.807) is 0 Å². The van der Waals surface area contributed by atoms with Gasteiger partial charge in [0, 0.05) is 17.5 Å². The fourth-order valence-corrected chi connectivity index (χ4v) is 2.31. The molecule has 0 bridgehead atoms. The number of amides is 1. The van der Waals surface area contributed by atoms with Crippen LogP contribution in [0.1, 0.15) is 39.1 Å². The van der Waals surface area contributed by atoms with Crippen molar-refractivity contribution in [3.05, 3.63) is 71.0 Å². The minimum absolute atomic E-state index is 0.0318. The van der Waals surface area contributed by atoms with Gasteiger partial charge in [0.2, 0.25) is 0 Å². The predicted octanol–water partition coefficient (Wildman–Crippen LogP) is 3.78. The first kappa shape index (κ1) is 22.1. The number of alkyl halides is 3. The van der Waals surface area contributed by atoms with Crippen molar-refractivity contribution in [3.8, 4) is 0 Å². The Morgan fingerprint density at radius 1 is 0.897 bits per heavy atom. The SMILES string of the molecule is O=C(CNC(=O)c1ccc(C(F)(F)F)cc1)OCCCC(=O)c1ccc(F)cc1. The largest absolute Gasteiger partial charge is 0.464 e. The van der Waals surface area contributed by atoms with Crippen molar-refractivity contribution >= 4 is 17.7 Å². The van der Waals surface area contributed by atoms with Crippen LogP contribution in [0.2, 0.25) is 0 Å². The van der Waals surface area contributed by atoms with Crippen LogP contribution in [0.4, 0.5) is 17.6 Å². The van der Waals surface area contributed by atoms with Crippen LogP contribution in [-0.4, -0.2) is 30.8 Å². The van der Waals surface area contributed by atoms with E-state index in [2.05, 4.69) is 5.32 Å². The van der Waals surface area contributed by atoms with Gasteiger partial charge in [0.1, 0.15) is 12.4 Å². The molecule has 1 N–H and O–H groups in total. The molecular weight excluding hydrogens is 394 g/mol. The summed E-state index contributed by atoms with van der Waals surface area (Å²) in [5, 5.41) is 2.24. The van der Waals surface area contributed by atoms with Gasteiger partial charge in [0.25, 0.3) is 5.91 Å². The highest BCUT2D eigenvalue weighted by molar-refractivity contribution is 5.96. The van der Waals surface area contributed by atoms with E-state index in [0.29, 0.717) is 5.56 Å². The maximum Gasteiger partial charge on any atom is 0.416 e. The molecule has 154 valence electrons. The van der Waals surface area contributed by atoms with Gasteiger partial charge in [-0.3, -0.25) is 14.4 Å². The first-order valence-corrected chi connectivity index (χ1v) is 8.56. The van der Waals surface area contributed by atoms with Crippen LogP contribution in [-0.2, 0) is 15.7 Å². The van der Waals surface area contributed by atoms with Gasteiger partial charge in [-0.1, -0.05) is 0 Å². The summed E-state index contributed by atoms with van der Waals surface area (Å²) in [5.74, 6) is -2.15. The Kier molecular flexibility index (Phi) is 7.46. The molecule has 0 heterocycles. The lowest BCUT2D eigenvalue weighted by molar-refractivity contribution is -0.142. The number of esters is 1. The molecule has 2 aromatic rings. The minimum Gasteiger partial charge on any atom is -0.464 e. The lowest BCUT2D eigenvalue weighted by Gasteiger charge is -2.08. The van der Waals surface area contributed by atoms with Crippen LogP contribution in [0.15, 0.2) is 48.5 Å². The lowest BCUT2D eigenvalue weighted by atomic mass is 10.1. The Hall–Kier alpha value is -3.23. The fourth-order valence-electron chi connectivity index (χ4n) is 2.31. The molecule has 0 fully saturated rings. The summed E-state index contributed by atoms with van der Waals surface area (Å²) in [6.07, 6.45) is -4.16. The molecule has 0 aromatic heterocycles. The maximum atomic E-state index is 12.8. The van der Waals surface area contributed by atoms with Gasteiger partial charge in [-0.15, -0.1) is 0 Å². The summed E-state index contributed by atoms with van der Waals surface area (Å²) in [7, 11) is 0. The Morgan fingerprint density at radius 2 is 1.48 bits per heavy atom. The standard InChI is InChI=1S/C20H17F4NO4/c21-16-9-5-13(6-10-16)17(26)2-1-11-29-18(27)12-25-19(28)14-3-7-15(8-4-14)20(22,23)24/h3-10H,1-2,11-12H2,(H,25,28). The van der Waals surface area contributed by atoms with Crippen LogP contribution in [0, 0.1) is 5.82 Å². The summed E-state index contributed by atoms with van der Waals surface area (Å²) in [6, 6.07) is 8.62. The van der Waals surface area contributed by atoms with E-state index in [9.17, 15) is 31.9 Å². The van der Waals surface area contributed by atoms with Gasteiger partial charge in [0.15, 0.2) is 5.78 Å². The van der Waals surface area contributed by atoms with Crippen molar-refractivity contribution in [1.29, 1.82) is 0 Å². The van der Waals surface area contributed by atoms with E-state index >= 15 is 0 Å². The number of ketones is 1. The number of hydrogen-bond acceptors (Lipinski definition) is 4. The highest BCUT2D eigenvalue weighted by Gasteiger charge is 2.30. The van der Waals surface area contributed by atoms with E-state index in [4.69, 9.17) is 4.74 Å². The van der Waals surface area contributed by atoms with Crippen LogP contribution in [0.25, 0.3) is 0 Å². The molecule has 0 saturated heterocycles. The Balaban J connectivity index is 1.68. The number of Topliss-reactive ketones (excluding diaryl/α,β-unsaturated/α-hetero) is 1. The average molecular weight is 411 g/mol. The highest BCUT2D eigenvalue weighted by atomic mass is 19.4. The van der Waals surface area contributed by atoms with Crippen molar-refractivity contribution in [2.75, 3.05) is 13.2 Å². The number of ether oxygens (including phenoxy) is 1. The van der Waals surface area contributed by atoms with Crippen molar-refractivity contribution in [2.24, 2.45) is 0 Å². The lowest BCUT2D eigenvalue weighted by Crippen LogP contribution is -2.30. The van der Waals surface area contributed by atoms with Crippen LogP contribution < -0.4 is 5.32 Å². The summed E-state index contributed by atoms with van der Waals surface area (Å²) < 4.78 is 55.1. The van der Waals surface area contributed by atoms with E-state index in [1.165, 1.54) is 24.3 Å². The molecule has 0 atom stereocenters. The van der Waals surface area contributed by atoms with Gasteiger partial charge in [-0.25, -0.2) is 4.39 Å². The normalized spacial score (nSPS) is 11.0. The van der Waals surface area contributed by atoms with Crippen LogP contribution in [0.3, 0.4) is 0 Å². The molecule has 0 aliphatic rings. The minimum atomic E-state index is -4.50. The Labute approximate surface area is 163 Å². The van der Waals surface area contributed by atoms with Crippen molar-refractivity contribution < 1.29 is 36.7 Å². The number of nitrogens with one attached hydrogen (secondary N) is 1. The van der Waals surface area contributed by atoms with Gasteiger partial charge in [-0.05, 0) is 55.0 Å². The van der Waals surface area contributed by atoms with Crippen molar-refractivity contribution in [2.45, 2.75) is 19.0 Å². The third kappa shape index (κ3) is 7.02. The average Bonchev–Trinajstić information content (AvgIpc) is 2.69. The molecule has 0 unspecified atom stereocenters. The third-order valence-electron chi connectivity index (χ3n) is 3.85. The van der Waals surface area contributed by atoms with Gasteiger partial charge < -0.3 is 10.1 Å². The number of halogens is 4. The summed E-state index contributed by atoms with van der Waals surface area (Å²) in [5.41, 5.74) is -0.569. The van der Waals surface area contributed by atoms with Gasteiger partial charge >= 0.3 is 12.1 Å². The molecule has 0 aliphatic carbocycles. The molecule has 2 aromatic carbocycles. The third-order valence-corrected chi connectivity index (χ3v) is 3.85. The van der Waals surface area contributed by atoms with Gasteiger partial charge in [0.05, 0.1) is 12.2 Å². The summed E-state index contributed by atoms with van der Waals surface area (Å²) in [4.78, 5) is 35.3. The number of hydrogen-bond donors (Lipinski definition) is 1. The molecule has 5 nitrogen and oxygen atoms in total. The second kappa shape index (κ2) is 9.81. The molecule has 1 amide bonds. The number of carbonyl (C=O) groups is 3. The monoisotopic (exact) mass is 411 g/mol. The highest BCUT2D eigenvalue weighted by Crippen LogP contribution is 2.29. The van der Waals surface area contributed by atoms with Crippen molar-refractivity contribution in [1.82, 2.24) is 5.32 Å². The van der Waals surface area contributed by atoms with Crippen molar-refractivity contribution in [3.63, 3.8) is 0 Å². The topological polar surface area (TPSA) is 72.5 Å². The second-order valence-corrected chi connectivity index (χ2v) is 6.01. The maximum absolute atomic E-state index is 12.8. The fraction of sp³-hybridized carbons (Fsp3) is 0.250. The molecule has 0 radical (unpaired) electrons. The smallest absolute Gasteiger partial charge is 0.416 e. The van der Waals surface area contributed by atoms with E-state index < -0.39 is 36.0 Å². The van der Waals surface area contributed by atoms with Crippen LogP contribution >= 0.6 is 0 Å². The second-order valence-electron chi connectivity index (χ2n) is 6.01. The van der Waals surface area contributed by atoms with E-state index in [-0.39, 0.29) is 30.8 Å². The summed E-state index contributed by atoms with van der Waals surface area (Å²) in [6.45, 7) is -0.520. The quantitative estimate of drug-likeness (QED) is 0.311. The zero-order chi connectivity index (χ0) is 21.4. The number of carbonyl (C=O) groups excluding carboxylic acids is 3. The zero-order valence-electron chi connectivity index (χ0n) is 15.1. The first-order valence-electron chi connectivity index (χ1n) is 8.56. The molecule has 9 heteroatoms. The molecule has 2 rings (SSSR count). The molecule has 0 saturated carbocycles. The van der Waals surface area contributed by atoms with E-state index in [1.807, 2.05) is 0 Å². The number of benzene rings is 2. The molecule has 0 aliphatic heterocycles. The van der Waals surface area contributed by atoms with Gasteiger partial charge in [-0.2, -0.15) is 13.2 Å². The predicted molar refractivity (Wildman–Crippen MR) is 94.7 cm³/mol. The Bertz CT molecular complexity index is 862. The first-order chi connectivity index (χ1) is 13.7. The zero-order valence-corrected chi connectivity index (χ0v) is 15.1. The number of rotatable bonds is 8. The Morgan fingerprint density at radius 3 is 2.07 bits per heavy atom. The summed E-state index contributed by atoms with van der Waals surface area (Å²) >= 11 is 0.